The molecule has 0 saturated carbocycles. The van der Waals surface area contributed by atoms with E-state index in [9.17, 15) is 9.59 Å². The number of hydrogen-bond acceptors (Lipinski definition) is 4. The zero-order valence-corrected chi connectivity index (χ0v) is 13.0. The van der Waals surface area contributed by atoms with Crippen LogP contribution < -0.4 is 10.1 Å². The van der Waals surface area contributed by atoms with Gasteiger partial charge in [-0.25, -0.2) is 0 Å². The maximum absolute atomic E-state index is 12.7. The van der Waals surface area contributed by atoms with Crippen LogP contribution in [0.2, 0.25) is 0 Å². The Morgan fingerprint density at radius 2 is 2.00 bits per heavy atom. The zero-order valence-electron chi connectivity index (χ0n) is 13.0. The van der Waals surface area contributed by atoms with Gasteiger partial charge >= 0.3 is 5.97 Å². The van der Waals surface area contributed by atoms with E-state index in [-0.39, 0.29) is 18.6 Å². The molecule has 0 spiro atoms. The Bertz CT molecular complexity index is 525. The van der Waals surface area contributed by atoms with Crippen molar-refractivity contribution < 1.29 is 19.4 Å². The summed E-state index contributed by atoms with van der Waals surface area (Å²) in [6.45, 7) is 6.30. The summed E-state index contributed by atoms with van der Waals surface area (Å²) in [5.74, 6) is -0.469. The van der Waals surface area contributed by atoms with Gasteiger partial charge in [0.1, 0.15) is 5.75 Å². The van der Waals surface area contributed by atoms with E-state index >= 15 is 0 Å². The summed E-state index contributed by atoms with van der Waals surface area (Å²) in [5.41, 5.74) is 2.38. The Labute approximate surface area is 125 Å². The predicted molar refractivity (Wildman–Crippen MR) is 81.1 cm³/mol. The molecule has 0 heterocycles. The standard InChI is InChI=1S/C16H23NO4/c1-5-17-13(6-7-14(18)19)15(20)12-9-10(2)8-11(3)16(12)21-4/h8-9,13,17H,5-7H2,1-4H3,(H,18,19). The van der Waals surface area contributed by atoms with Crippen LogP contribution in [0.3, 0.4) is 0 Å². The van der Waals surface area contributed by atoms with Crippen LogP contribution in [-0.4, -0.2) is 36.6 Å². The Balaban J connectivity index is 3.10. The first-order valence-electron chi connectivity index (χ1n) is 7.05. The fourth-order valence-electron chi connectivity index (χ4n) is 2.44. The van der Waals surface area contributed by atoms with Gasteiger partial charge in [0.15, 0.2) is 5.78 Å². The molecule has 0 radical (unpaired) electrons. The maximum atomic E-state index is 12.7. The van der Waals surface area contributed by atoms with Crippen LogP contribution >= 0.6 is 0 Å². The van der Waals surface area contributed by atoms with Crippen LogP contribution in [0.25, 0.3) is 0 Å². The number of methoxy groups -OCH3 is 1. The van der Waals surface area contributed by atoms with E-state index in [0.29, 0.717) is 17.9 Å². The normalized spacial score (nSPS) is 12.0. The molecule has 2 N–H and O–H groups in total. The number of carboxylic acids is 1. The molecule has 0 aliphatic carbocycles. The number of aryl methyl sites for hydroxylation is 2. The number of likely N-dealkylation sites (N-methyl/N-ethyl adjacent to an activating group) is 1. The molecule has 1 aromatic rings. The molecule has 0 fully saturated rings. The molecule has 0 aliphatic rings. The monoisotopic (exact) mass is 293 g/mol. The van der Waals surface area contributed by atoms with Crippen molar-refractivity contribution in [2.75, 3.05) is 13.7 Å². The van der Waals surface area contributed by atoms with Gasteiger partial charge in [-0.2, -0.15) is 0 Å². The van der Waals surface area contributed by atoms with Crippen molar-refractivity contribution in [3.8, 4) is 5.75 Å². The summed E-state index contributed by atoms with van der Waals surface area (Å²) in [4.78, 5) is 23.4. The van der Waals surface area contributed by atoms with Crippen LogP contribution in [0.1, 0.15) is 41.3 Å². The van der Waals surface area contributed by atoms with Crippen LogP contribution in [0, 0.1) is 13.8 Å². The third-order valence-corrected chi connectivity index (χ3v) is 3.30. The molecule has 0 saturated heterocycles. The minimum absolute atomic E-state index is 0.0451. The number of nitrogens with one attached hydrogen (secondary N) is 1. The summed E-state index contributed by atoms with van der Waals surface area (Å²) in [6.07, 6.45) is 0.217. The van der Waals surface area contributed by atoms with Gasteiger partial charge in [-0.05, 0) is 44.0 Å². The Kier molecular flexibility index (Phi) is 6.37. The summed E-state index contributed by atoms with van der Waals surface area (Å²) >= 11 is 0. The number of ether oxygens (including phenoxy) is 1. The molecule has 1 aromatic carbocycles. The highest BCUT2D eigenvalue weighted by Crippen LogP contribution is 2.26. The van der Waals surface area contributed by atoms with Gasteiger partial charge in [-0.1, -0.05) is 13.0 Å². The highest BCUT2D eigenvalue weighted by atomic mass is 16.5. The minimum Gasteiger partial charge on any atom is -0.496 e. The molecule has 0 aromatic heterocycles. The number of rotatable bonds is 8. The van der Waals surface area contributed by atoms with Crippen LogP contribution in [-0.2, 0) is 4.79 Å². The first-order chi connectivity index (χ1) is 9.90. The van der Waals surface area contributed by atoms with Crippen LogP contribution in [0.15, 0.2) is 12.1 Å². The number of aliphatic carboxylic acids is 1. The van der Waals surface area contributed by atoms with E-state index in [4.69, 9.17) is 9.84 Å². The van der Waals surface area contributed by atoms with E-state index in [0.717, 1.165) is 11.1 Å². The Morgan fingerprint density at radius 1 is 1.33 bits per heavy atom. The molecule has 1 atom stereocenters. The number of carbonyl (C=O) groups is 2. The van der Waals surface area contributed by atoms with Crippen LogP contribution in [0.5, 0.6) is 5.75 Å². The summed E-state index contributed by atoms with van der Waals surface area (Å²) in [6, 6.07) is 3.23. The lowest BCUT2D eigenvalue weighted by Gasteiger charge is -2.19. The lowest BCUT2D eigenvalue weighted by molar-refractivity contribution is -0.137. The van der Waals surface area contributed by atoms with Gasteiger partial charge < -0.3 is 15.2 Å². The van der Waals surface area contributed by atoms with E-state index in [1.165, 1.54) is 7.11 Å². The Hall–Kier alpha value is -1.88. The van der Waals surface area contributed by atoms with Gasteiger partial charge in [0.2, 0.25) is 0 Å². The molecule has 5 heteroatoms. The molecule has 1 rings (SSSR count). The molecule has 0 aliphatic heterocycles. The number of carboxylic acid groups (broad SMARTS) is 1. The zero-order chi connectivity index (χ0) is 16.0. The van der Waals surface area contributed by atoms with E-state index in [1.807, 2.05) is 26.8 Å². The van der Waals surface area contributed by atoms with Gasteiger partial charge in [0.25, 0.3) is 0 Å². The smallest absolute Gasteiger partial charge is 0.303 e. The highest BCUT2D eigenvalue weighted by molar-refractivity contribution is 6.03. The SMILES string of the molecule is CCNC(CCC(=O)O)C(=O)c1cc(C)cc(C)c1OC. The quantitative estimate of drug-likeness (QED) is 0.720. The second-order valence-electron chi connectivity index (χ2n) is 5.07. The summed E-state index contributed by atoms with van der Waals surface area (Å²) in [5, 5.41) is 11.9. The molecule has 1 unspecified atom stereocenters. The largest absolute Gasteiger partial charge is 0.496 e. The highest BCUT2D eigenvalue weighted by Gasteiger charge is 2.24. The number of carbonyl (C=O) groups excluding carboxylic acids is 1. The molecule has 0 bridgehead atoms. The second-order valence-corrected chi connectivity index (χ2v) is 5.07. The molecule has 5 nitrogen and oxygen atoms in total. The summed E-state index contributed by atoms with van der Waals surface area (Å²) < 4.78 is 5.34. The third kappa shape index (κ3) is 4.56. The van der Waals surface area contributed by atoms with E-state index < -0.39 is 12.0 Å². The van der Waals surface area contributed by atoms with Crippen molar-refractivity contribution in [2.45, 2.75) is 39.7 Å². The lowest BCUT2D eigenvalue weighted by atomic mass is 9.96. The predicted octanol–water partition coefficient (Wildman–Crippen LogP) is 2.34. The lowest BCUT2D eigenvalue weighted by Crippen LogP contribution is -2.37. The van der Waals surface area contributed by atoms with Gasteiger partial charge in [0.05, 0.1) is 18.7 Å². The van der Waals surface area contributed by atoms with Gasteiger partial charge in [-0.3, -0.25) is 9.59 Å². The van der Waals surface area contributed by atoms with Crippen molar-refractivity contribution in [1.29, 1.82) is 0 Å². The van der Waals surface area contributed by atoms with E-state index in [1.54, 1.807) is 6.07 Å². The third-order valence-electron chi connectivity index (χ3n) is 3.30. The number of ketones is 1. The Morgan fingerprint density at radius 3 is 2.52 bits per heavy atom. The molecule has 0 amide bonds. The maximum Gasteiger partial charge on any atom is 0.303 e. The van der Waals surface area contributed by atoms with Crippen molar-refractivity contribution >= 4 is 11.8 Å². The first kappa shape index (κ1) is 17.2. The van der Waals surface area contributed by atoms with Crippen molar-refractivity contribution in [3.05, 3.63) is 28.8 Å². The number of Topliss-reactive ketones (excluding diaryl/α,β-unsaturated/α-hetero) is 1. The topological polar surface area (TPSA) is 75.6 Å². The minimum atomic E-state index is -0.905. The van der Waals surface area contributed by atoms with Crippen molar-refractivity contribution in [1.82, 2.24) is 5.32 Å². The first-order valence-corrected chi connectivity index (χ1v) is 7.05. The van der Waals surface area contributed by atoms with Crippen molar-refractivity contribution in [3.63, 3.8) is 0 Å². The van der Waals surface area contributed by atoms with Crippen molar-refractivity contribution in [2.24, 2.45) is 0 Å². The van der Waals surface area contributed by atoms with Gasteiger partial charge in [-0.15, -0.1) is 0 Å². The average molecular weight is 293 g/mol. The van der Waals surface area contributed by atoms with Crippen LogP contribution in [0.4, 0.5) is 0 Å². The number of hydrogen-bond donors (Lipinski definition) is 2. The second kappa shape index (κ2) is 7.78. The average Bonchev–Trinajstić information content (AvgIpc) is 2.41. The fraction of sp³-hybridized carbons (Fsp3) is 0.500. The molecule has 116 valence electrons. The molecular weight excluding hydrogens is 270 g/mol. The molecule has 21 heavy (non-hydrogen) atoms. The van der Waals surface area contributed by atoms with E-state index in [2.05, 4.69) is 5.32 Å². The summed E-state index contributed by atoms with van der Waals surface area (Å²) in [7, 11) is 1.54. The number of benzene rings is 1. The fourth-order valence-corrected chi connectivity index (χ4v) is 2.44. The molecular formula is C16H23NO4. The van der Waals surface area contributed by atoms with Gasteiger partial charge in [0, 0.05) is 6.42 Å².